The summed E-state index contributed by atoms with van der Waals surface area (Å²) in [5.74, 6) is 0. The summed E-state index contributed by atoms with van der Waals surface area (Å²) in [5, 5.41) is 0. The Morgan fingerprint density at radius 2 is 1.50 bits per heavy atom. The summed E-state index contributed by atoms with van der Waals surface area (Å²) < 4.78 is 0. The Hall–Kier alpha value is 0.0901. The summed E-state index contributed by atoms with van der Waals surface area (Å²) >= 11 is 0. The second-order valence-corrected chi connectivity index (χ2v) is 1.65. The smallest absolute Gasteiger partial charge is 0 e. The first-order valence-electron chi connectivity index (χ1n) is 2.41. The van der Waals surface area contributed by atoms with Crippen molar-refractivity contribution in [1.82, 2.24) is 0 Å². The Bertz CT molecular complexity index is 134. The Labute approximate surface area is 68.7 Å². The van der Waals surface area contributed by atoms with Crippen LogP contribution in [0.2, 0.25) is 0 Å². The maximum absolute atomic E-state index is 2.08. The predicted molar refractivity (Wildman–Crippen MR) is 31.2 cm³/mol. The first-order valence-corrected chi connectivity index (χ1v) is 2.41. The molecule has 0 unspecified atom stereocenters. The van der Waals surface area contributed by atoms with Crippen LogP contribution in [0.4, 0.5) is 0 Å². The van der Waals surface area contributed by atoms with Gasteiger partial charge in [0, 0.05) is 25.8 Å². The molecular weight excluding hydrogens is 129 g/mol. The van der Waals surface area contributed by atoms with E-state index >= 15 is 0 Å². The number of rotatable bonds is 0. The minimum Gasteiger partial charge on any atom is -0.0622 e. The molecule has 0 spiro atoms. The van der Waals surface area contributed by atoms with Crippen molar-refractivity contribution in [1.29, 1.82) is 0 Å². The Morgan fingerprint density at radius 1 is 1.00 bits per heavy atom. The van der Waals surface area contributed by atoms with Crippen molar-refractivity contribution in [3.8, 4) is 0 Å². The van der Waals surface area contributed by atoms with Crippen molar-refractivity contribution in [3.63, 3.8) is 0 Å². The van der Waals surface area contributed by atoms with Crippen molar-refractivity contribution in [3.05, 3.63) is 35.9 Å². The van der Waals surface area contributed by atoms with Gasteiger partial charge in [-0.05, 0) is 6.92 Å². The summed E-state index contributed by atoms with van der Waals surface area (Å²) in [6, 6.07) is 10.3. The van der Waals surface area contributed by atoms with Crippen LogP contribution in [0.3, 0.4) is 0 Å². The van der Waals surface area contributed by atoms with E-state index in [1.165, 1.54) is 5.56 Å². The van der Waals surface area contributed by atoms with E-state index in [0.717, 1.165) is 0 Å². The van der Waals surface area contributed by atoms with Crippen LogP contribution in [-0.2, 0) is 25.8 Å². The molecule has 1 aromatic rings. The fourth-order valence-electron chi connectivity index (χ4n) is 0.534. The van der Waals surface area contributed by atoms with E-state index in [0.29, 0.717) is 0 Å². The second kappa shape index (κ2) is 4.02. The van der Waals surface area contributed by atoms with Crippen LogP contribution in [0.1, 0.15) is 5.56 Å². The molecular formula is C7H8Sc. The van der Waals surface area contributed by atoms with Crippen molar-refractivity contribution in [2.75, 3.05) is 0 Å². The number of benzene rings is 1. The quantitative estimate of drug-likeness (QED) is 0.513. The van der Waals surface area contributed by atoms with Gasteiger partial charge in [-0.25, -0.2) is 0 Å². The van der Waals surface area contributed by atoms with Crippen molar-refractivity contribution in [2.45, 2.75) is 6.92 Å². The van der Waals surface area contributed by atoms with Gasteiger partial charge in [0.25, 0.3) is 0 Å². The molecule has 1 heteroatoms. The molecule has 0 bridgehead atoms. The van der Waals surface area contributed by atoms with E-state index < -0.39 is 0 Å². The molecule has 0 aliphatic rings. The standard InChI is InChI=1S/C7H8.Sc/c1-7-5-3-2-4-6-7;/h2-6H,1H3;. The summed E-state index contributed by atoms with van der Waals surface area (Å²) in [7, 11) is 0. The number of hydrogen-bond acceptors (Lipinski definition) is 0. The fourth-order valence-corrected chi connectivity index (χ4v) is 0.534. The molecule has 0 aliphatic heterocycles. The largest absolute Gasteiger partial charge is 0.0622 e. The van der Waals surface area contributed by atoms with E-state index in [1.807, 2.05) is 18.2 Å². The molecule has 1 aromatic carbocycles. The first kappa shape index (κ1) is 8.09. The van der Waals surface area contributed by atoms with Gasteiger partial charge >= 0.3 is 0 Å². The minimum atomic E-state index is 0. The van der Waals surface area contributed by atoms with Gasteiger partial charge in [-0.2, -0.15) is 0 Å². The van der Waals surface area contributed by atoms with Gasteiger partial charge in [0.2, 0.25) is 0 Å². The third-order valence-corrected chi connectivity index (χ3v) is 0.940. The normalized spacial score (nSPS) is 7.62. The van der Waals surface area contributed by atoms with Gasteiger partial charge in [-0.15, -0.1) is 0 Å². The number of hydrogen-bond donors (Lipinski definition) is 0. The Morgan fingerprint density at radius 3 is 1.75 bits per heavy atom. The van der Waals surface area contributed by atoms with Crippen LogP contribution in [0.5, 0.6) is 0 Å². The van der Waals surface area contributed by atoms with E-state index in [9.17, 15) is 0 Å². The topological polar surface area (TPSA) is 0 Å². The maximum atomic E-state index is 2.08. The van der Waals surface area contributed by atoms with Gasteiger partial charge in [0.05, 0.1) is 0 Å². The monoisotopic (exact) mass is 137 g/mol. The average molecular weight is 137 g/mol. The van der Waals surface area contributed by atoms with Gasteiger partial charge in [0.1, 0.15) is 0 Å². The molecule has 1 rings (SSSR count). The zero-order valence-corrected chi connectivity index (χ0v) is 6.77. The zero-order chi connectivity index (χ0) is 5.11. The van der Waals surface area contributed by atoms with Crippen LogP contribution in [-0.4, -0.2) is 0 Å². The molecule has 0 aliphatic carbocycles. The molecule has 39 valence electrons. The molecule has 0 nitrogen and oxygen atoms in total. The van der Waals surface area contributed by atoms with Crippen molar-refractivity contribution >= 4 is 0 Å². The summed E-state index contributed by atoms with van der Waals surface area (Å²) in [5.41, 5.74) is 1.32. The number of aryl methyl sites for hydroxylation is 1. The molecule has 0 N–H and O–H groups in total. The fraction of sp³-hybridized carbons (Fsp3) is 0.143. The maximum Gasteiger partial charge on any atom is 0 e. The molecule has 0 saturated heterocycles. The summed E-state index contributed by atoms with van der Waals surface area (Å²) in [6.07, 6.45) is 0. The van der Waals surface area contributed by atoms with E-state index in [4.69, 9.17) is 0 Å². The van der Waals surface area contributed by atoms with Crippen LogP contribution >= 0.6 is 0 Å². The SMILES string of the molecule is Cc1ccccc1.[Sc]. The predicted octanol–water partition coefficient (Wildman–Crippen LogP) is 1.99. The van der Waals surface area contributed by atoms with Crippen LogP contribution in [0.15, 0.2) is 30.3 Å². The van der Waals surface area contributed by atoms with E-state index in [1.54, 1.807) is 0 Å². The molecule has 0 fully saturated rings. The van der Waals surface area contributed by atoms with Gasteiger partial charge < -0.3 is 0 Å². The first-order chi connectivity index (χ1) is 3.39. The Balaban J connectivity index is 0.000000490. The second-order valence-electron chi connectivity index (χ2n) is 1.65. The molecule has 1 radical (unpaired) electrons. The minimum absolute atomic E-state index is 0. The van der Waals surface area contributed by atoms with Gasteiger partial charge in [0.15, 0.2) is 0 Å². The Kier molecular flexibility index (Phi) is 4.06. The molecule has 0 aromatic heterocycles. The van der Waals surface area contributed by atoms with E-state index in [-0.39, 0.29) is 25.8 Å². The molecule has 8 heavy (non-hydrogen) atoms. The van der Waals surface area contributed by atoms with Crippen molar-refractivity contribution in [2.24, 2.45) is 0 Å². The van der Waals surface area contributed by atoms with Crippen molar-refractivity contribution < 1.29 is 25.8 Å². The molecule has 0 amide bonds. The summed E-state index contributed by atoms with van der Waals surface area (Å²) in [6.45, 7) is 2.08. The molecule has 0 saturated carbocycles. The van der Waals surface area contributed by atoms with Gasteiger partial charge in [-0.3, -0.25) is 0 Å². The van der Waals surface area contributed by atoms with Crippen LogP contribution < -0.4 is 0 Å². The molecule has 0 atom stereocenters. The molecule has 0 heterocycles. The summed E-state index contributed by atoms with van der Waals surface area (Å²) in [4.78, 5) is 0. The zero-order valence-electron chi connectivity index (χ0n) is 4.96. The average Bonchev–Trinajstić information content (AvgIpc) is 1.69. The van der Waals surface area contributed by atoms with Crippen LogP contribution in [0.25, 0.3) is 0 Å². The third kappa shape index (κ3) is 2.41. The van der Waals surface area contributed by atoms with Gasteiger partial charge in [-0.1, -0.05) is 35.9 Å². The van der Waals surface area contributed by atoms with E-state index in [2.05, 4.69) is 19.1 Å². The third-order valence-electron chi connectivity index (χ3n) is 0.940. The van der Waals surface area contributed by atoms with Crippen LogP contribution in [0, 0.1) is 6.92 Å².